The monoisotopic (exact) mass is 169 g/mol. The van der Waals surface area contributed by atoms with Gasteiger partial charge in [-0.05, 0) is 0 Å². The van der Waals surface area contributed by atoms with Gasteiger partial charge in [0.1, 0.15) is 0 Å². The smallest absolute Gasteiger partial charge is 0.240 e. The van der Waals surface area contributed by atoms with E-state index in [4.69, 9.17) is 0 Å². The molecule has 2 saturated heterocycles. The molecule has 2 amide bonds. The molecular weight excluding hydrogens is 158 g/mol. The highest BCUT2D eigenvalue weighted by molar-refractivity contribution is 5.98. The third-order valence-corrected chi connectivity index (χ3v) is 2.34. The molecule has 12 heavy (non-hydrogen) atoms. The van der Waals surface area contributed by atoms with Gasteiger partial charge in [-0.1, -0.05) is 0 Å². The summed E-state index contributed by atoms with van der Waals surface area (Å²) in [5.41, 5.74) is 0. The zero-order chi connectivity index (χ0) is 8.55. The fraction of sp³-hybridized carbons (Fsp3) is 0.714. The van der Waals surface area contributed by atoms with Gasteiger partial charge in [-0.25, -0.2) is 0 Å². The van der Waals surface area contributed by atoms with Crippen LogP contribution in [0.4, 0.5) is 0 Å². The SMILES string of the molecule is O=C1CNC2CNCC2C(=O)N1. The Morgan fingerprint density at radius 1 is 1.25 bits per heavy atom. The van der Waals surface area contributed by atoms with Crippen LogP contribution in [0, 0.1) is 5.92 Å². The van der Waals surface area contributed by atoms with Crippen molar-refractivity contribution in [3.05, 3.63) is 0 Å². The van der Waals surface area contributed by atoms with Gasteiger partial charge in [0.15, 0.2) is 0 Å². The summed E-state index contributed by atoms with van der Waals surface area (Å²) in [5.74, 6) is -0.467. The number of fused-ring (bicyclic) bond motifs is 1. The molecule has 66 valence electrons. The standard InChI is InChI=1S/C7H11N3O2/c11-6-3-9-5-2-8-1-4(5)7(12)10-6/h4-5,8-9H,1-3H2,(H,10,11,12). The van der Waals surface area contributed by atoms with E-state index in [0.717, 1.165) is 6.54 Å². The van der Waals surface area contributed by atoms with Crippen molar-refractivity contribution in [3.63, 3.8) is 0 Å². The van der Waals surface area contributed by atoms with Crippen LogP contribution in [-0.4, -0.2) is 37.5 Å². The van der Waals surface area contributed by atoms with Gasteiger partial charge in [-0.2, -0.15) is 0 Å². The van der Waals surface area contributed by atoms with E-state index in [1.54, 1.807) is 0 Å². The van der Waals surface area contributed by atoms with Crippen LogP contribution in [0.25, 0.3) is 0 Å². The van der Waals surface area contributed by atoms with E-state index >= 15 is 0 Å². The highest BCUT2D eigenvalue weighted by Crippen LogP contribution is 2.10. The average molecular weight is 169 g/mol. The molecule has 0 aromatic carbocycles. The number of nitrogens with one attached hydrogen (secondary N) is 3. The van der Waals surface area contributed by atoms with Crippen LogP contribution in [-0.2, 0) is 9.59 Å². The minimum absolute atomic E-state index is 0.0866. The summed E-state index contributed by atoms with van der Waals surface area (Å²) in [6.45, 7) is 1.68. The lowest BCUT2D eigenvalue weighted by atomic mass is 10.0. The zero-order valence-corrected chi connectivity index (χ0v) is 6.59. The summed E-state index contributed by atoms with van der Waals surface area (Å²) in [6, 6.07) is 0.122. The fourth-order valence-corrected chi connectivity index (χ4v) is 1.67. The van der Waals surface area contributed by atoms with Crippen molar-refractivity contribution in [3.8, 4) is 0 Å². The highest BCUT2D eigenvalue weighted by atomic mass is 16.2. The summed E-state index contributed by atoms with van der Waals surface area (Å²) >= 11 is 0. The van der Waals surface area contributed by atoms with Crippen LogP contribution in [0.2, 0.25) is 0 Å². The molecule has 5 nitrogen and oxygen atoms in total. The van der Waals surface area contributed by atoms with Crippen molar-refractivity contribution in [2.45, 2.75) is 6.04 Å². The summed E-state index contributed by atoms with van der Waals surface area (Å²) < 4.78 is 0. The first kappa shape index (κ1) is 7.70. The van der Waals surface area contributed by atoms with Crippen LogP contribution in [0.5, 0.6) is 0 Å². The normalized spacial score (nSPS) is 35.7. The maximum absolute atomic E-state index is 11.3. The highest BCUT2D eigenvalue weighted by Gasteiger charge is 2.35. The number of amides is 2. The molecule has 0 bridgehead atoms. The van der Waals surface area contributed by atoms with Gasteiger partial charge in [0.05, 0.1) is 12.5 Å². The van der Waals surface area contributed by atoms with Crippen molar-refractivity contribution < 1.29 is 9.59 Å². The number of imide groups is 1. The lowest BCUT2D eigenvalue weighted by Crippen LogP contribution is -2.38. The van der Waals surface area contributed by atoms with E-state index in [1.807, 2.05) is 0 Å². The lowest BCUT2D eigenvalue weighted by molar-refractivity contribution is -0.130. The number of carbonyl (C=O) groups excluding carboxylic acids is 2. The van der Waals surface area contributed by atoms with Crippen molar-refractivity contribution in [1.29, 1.82) is 0 Å². The van der Waals surface area contributed by atoms with Crippen LogP contribution in [0.3, 0.4) is 0 Å². The Kier molecular flexibility index (Phi) is 1.82. The summed E-state index contributed by atoms with van der Waals surface area (Å²) in [5, 5.41) is 8.46. The summed E-state index contributed by atoms with van der Waals surface area (Å²) in [4.78, 5) is 22.2. The molecule has 0 aromatic rings. The summed E-state index contributed by atoms with van der Waals surface area (Å²) in [7, 11) is 0. The second-order valence-electron chi connectivity index (χ2n) is 3.16. The second-order valence-corrected chi connectivity index (χ2v) is 3.16. The van der Waals surface area contributed by atoms with Gasteiger partial charge in [0.25, 0.3) is 0 Å². The van der Waals surface area contributed by atoms with Gasteiger partial charge in [-0.3, -0.25) is 14.9 Å². The van der Waals surface area contributed by atoms with E-state index in [1.165, 1.54) is 0 Å². The molecule has 2 aliphatic heterocycles. The first-order valence-corrected chi connectivity index (χ1v) is 4.05. The Morgan fingerprint density at radius 3 is 2.92 bits per heavy atom. The number of carbonyl (C=O) groups is 2. The predicted octanol–water partition coefficient (Wildman–Crippen LogP) is -2.18. The topological polar surface area (TPSA) is 70.2 Å². The van der Waals surface area contributed by atoms with E-state index in [9.17, 15) is 9.59 Å². The van der Waals surface area contributed by atoms with Crippen molar-refractivity contribution in [2.75, 3.05) is 19.6 Å². The van der Waals surface area contributed by atoms with E-state index in [2.05, 4.69) is 16.0 Å². The fourth-order valence-electron chi connectivity index (χ4n) is 1.67. The van der Waals surface area contributed by atoms with Crippen LogP contribution in [0.1, 0.15) is 0 Å². The third kappa shape index (κ3) is 1.21. The molecule has 2 heterocycles. The molecule has 5 heteroatoms. The quantitative estimate of drug-likeness (QED) is 0.361. The maximum atomic E-state index is 11.3. The minimum Gasteiger partial charge on any atom is -0.314 e. The summed E-state index contributed by atoms with van der Waals surface area (Å²) in [6.07, 6.45) is 0. The molecule has 0 saturated carbocycles. The molecule has 0 aliphatic carbocycles. The Morgan fingerprint density at radius 2 is 2.08 bits per heavy atom. The van der Waals surface area contributed by atoms with Crippen molar-refractivity contribution in [2.24, 2.45) is 5.92 Å². The first-order chi connectivity index (χ1) is 5.77. The van der Waals surface area contributed by atoms with E-state index < -0.39 is 0 Å². The van der Waals surface area contributed by atoms with Crippen LogP contribution in [0.15, 0.2) is 0 Å². The number of hydrogen-bond acceptors (Lipinski definition) is 4. The van der Waals surface area contributed by atoms with Gasteiger partial charge in [0.2, 0.25) is 11.8 Å². The second kappa shape index (κ2) is 2.84. The van der Waals surface area contributed by atoms with Gasteiger partial charge in [-0.15, -0.1) is 0 Å². The van der Waals surface area contributed by atoms with Gasteiger partial charge < -0.3 is 10.6 Å². The Bertz CT molecular complexity index is 229. The van der Waals surface area contributed by atoms with E-state index in [-0.39, 0.29) is 30.3 Å². The van der Waals surface area contributed by atoms with Crippen LogP contribution >= 0.6 is 0 Å². The minimum atomic E-state index is -0.227. The molecule has 2 rings (SSSR count). The Balaban J connectivity index is 2.14. The first-order valence-electron chi connectivity index (χ1n) is 4.05. The number of rotatable bonds is 0. The lowest BCUT2D eigenvalue weighted by Gasteiger charge is -2.12. The van der Waals surface area contributed by atoms with Gasteiger partial charge in [0, 0.05) is 19.1 Å². The van der Waals surface area contributed by atoms with Crippen LogP contribution < -0.4 is 16.0 Å². The average Bonchev–Trinajstić information content (AvgIpc) is 2.43. The molecule has 2 unspecified atom stereocenters. The Hall–Kier alpha value is -0.940. The van der Waals surface area contributed by atoms with E-state index in [0.29, 0.717) is 6.54 Å². The largest absolute Gasteiger partial charge is 0.314 e. The molecule has 2 fully saturated rings. The molecule has 0 radical (unpaired) electrons. The number of hydrogen-bond donors (Lipinski definition) is 3. The maximum Gasteiger partial charge on any atom is 0.240 e. The molecular formula is C7H11N3O2. The predicted molar refractivity (Wildman–Crippen MR) is 41.3 cm³/mol. The zero-order valence-electron chi connectivity index (χ0n) is 6.59. The molecule has 2 atom stereocenters. The van der Waals surface area contributed by atoms with Gasteiger partial charge >= 0.3 is 0 Å². The molecule has 0 spiro atoms. The van der Waals surface area contributed by atoms with Crippen molar-refractivity contribution in [1.82, 2.24) is 16.0 Å². The molecule has 0 aromatic heterocycles. The van der Waals surface area contributed by atoms with Crippen molar-refractivity contribution >= 4 is 11.8 Å². The molecule has 3 N–H and O–H groups in total. The third-order valence-electron chi connectivity index (χ3n) is 2.34. The molecule has 2 aliphatic rings. The Labute approximate surface area is 69.9 Å².